The predicted octanol–water partition coefficient (Wildman–Crippen LogP) is 6.05. The van der Waals surface area contributed by atoms with E-state index in [0.717, 1.165) is 33.2 Å². The Kier molecular flexibility index (Phi) is 6.87. The SMILES string of the molecule is Cc1cc(NCCN(Cc2cccnc2)S(=O)(=O)c2cccc3ccccc23)c2cc(Cl)ccc2n1. The molecule has 0 amide bonds. The quantitative estimate of drug-likeness (QED) is 0.272. The van der Waals surface area contributed by atoms with E-state index >= 15 is 0 Å². The molecule has 0 atom stereocenters. The molecule has 0 saturated heterocycles. The van der Waals surface area contributed by atoms with Crippen molar-refractivity contribution in [3.8, 4) is 0 Å². The van der Waals surface area contributed by atoms with Crippen molar-refractivity contribution in [3.63, 3.8) is 0 Å². The zero-order valence-corrected chi connectivity index (χ0v) is 21.3. The number of pyridine rings is 2. The zero-order valence-electron chi connectivity index (χ0n) is 19.7. The molecule has 0 bridgehead atoms. The molecule has 0 fully saturated rings. The Hall–Kier alpha value is -3.52. The van der Waals surface area contributed by atoms with Crippen LogP contribution in [0.5, 0.6) is 0 Å². The van der Waals surface area contributed by atoms with Gasteiger partial charge in [-0.1, -0.05) is 54.1 Å². The number of rotatable bonds is 8. The molecular formula is C28H25ClN4O2S. The molecule has 3 aromatic carbocycles. The number of halogens is 1. The molecule has 5 aromatic rings. The van der Waals surface area contributed by atoms with Crippen LogP contribution in [-0.2, 0) is 16.6 Å². The number of nitrogens with one attached hydrogen (secondary N) is 1. The van der Waals surface area contributed by atoms with Crippen molar-refractivity contribution in [3.05, 3.63) is 108 Å². The lowest BCUT2D eigenvalue weighted by molar-refractivity contribution is 0.418. The highest BCUT2D eigenvalue weighted by Crippen LogP contribution is 2.28. The summed E-state index contributed by atoms with van der Waals surface area (Å²) in [5.74, 6) is 0. The number of sulfonamides is 1. The molecule has 182 valence electrons. The molecule has 2 heterocycles. The van der Waals surface area contributed by atoms with Gasteiger partial charge in [-0.25, -0.2) is 8.42 Å². The Labute approximate surface area is 215 Å². The van der Waals surface area contributed by atoms with Crippen LogP contribution in [0.2, 0.25) is 5.02 Å². The van der Waals surface area contributed by atoms with Gasteiger partial charge >= 0.3 is 0 Å². The fourth-order valence-electron chi connectivity index (χ4n) is 4.33. The molecule has 1 N–H and O–H groups in total. The van der Waals surface area contributed by atoms with Crippen molar-refractivity contribution in [2.45, 2.75) is 18.4 Å². The maximum Gasteiger partial charge on any atom is 0.244 e. The van der Waals surface area contributed by atoms with E-state index in [9.17, 15) is 8.42 Å². The standard InChI is InChI=1S/C28H25ClN4O2S/c1-20-16-27(25-17-23(29)11-12-26(25)32-20)31-14-15-33(19-21-6-5-13-30-18-21)36(34,35)28-10-4-8-22-7-2-3-9-24(22)28/h2-13,16-18H,14-15,19H2,1H3,(H,31,32). The highest BCUT2D eigenvalue weighted by molar-refractivity contribution is 7.89. The molecule has 8 heteroatoms. The summed E-state index contributed by atoms with van der Waals surface area (Å²) in [6.07, 6.45) is 3.37. The summed E-state index contributed by atoms with van der Waals surface area (Å²) in [7, 11) is -3.81. The number of hydrogen-bond acceptors (Lipinski definition) is 5. The molecular weight excluding hydrogens is 492 g/mol. The van der Waals surface area contributed by atoms with E-state index in [4.69, 9.17) is 11.6 Å². The van der Waals surface area contributed by atoms with E-state index in [-0.39, 0.29) is 13.1 Å². The van der Waals surface area contributed by atoms with Crippen molar-refractivity contribution in [1.82, 2.24) is 14.3 Å². The van der Waals surface area contributed by atoms with E-state index in [1.54, 1.807) is 24.5 Å². The highest BCUT2D eigenvalue weighted by Gasteiger charge is 2.26. The summed E-state index contributed by atoms with van der Waals surface area (Å²) in [6.45, 7) is 2.79. The minimum absolute atomic E-state index is 0.211. The molecule has 0 saturated carbocycles. The number of aromatic nitrogens is 2. The second kappa shape index (κ2) is 10.2. The molecule has 2 aromatic heterocycles. The van der Waals surface area contributed by atoms with Crippen molar-refractivity contribution in [2.24, 2.45) is 0 Å². The average Bonchev–Trinajstić information content (AvgIpc) is 2.88. The molecule has 0 unspecified atom stereocenters. The second-order valence-corrected chi connectivity index (χ2v) is 10.9. The number of anilines is 1. The van der Waals surface area contributed by atoms with Crippen LogP contribution < -0.4 is 5.32 Å². The fourth-order valence-corrected chi connectivity index (χ4v) is 6.15. The third-order valence-electron chi connectivity index (χ3n) is 6.02. The smallest absolute Gasteiger partial charge is 0.244 e. The van der Waals surface area contributed by atoms with Crippen molar-refractivity contribution in [1.29, 1.82) is 0 Å². The Morgan fingerprint density at radius 1 is 0.944 bits per heavy atom. The molecule has 0 radical (unpaired) electrons. The Bertz CT molecular complexity index is 1640. The van der Waals surface area contributed by atoms with Gasteiger partial charge in [0, 0.05) is 59.2 Å². The van der Waals surface area contributed by atoms with Gasteiger partial charge in [0.1, 0.15) is 0 Å². The van der Waals surface area contributed by atoms with Gasteiger partial charge in [0.05, 0.1) is 10.4 Å². The Morgan fingerprint density at radius 2 is 1.78 bits per heavy atom. The minimum Gasteiger partial charge on any atom is -0.383 e. The molecule has 0 aliphatic carbocycles. The van der Waals surface area contributed by atoms with Crippen LogP contribution in [0.4, 0.5) is 5.69 Å². The van der Waals surface area contributed by atoms with Crippen LogP contribution >= 0.6 is 11.6 Å². The summed E-state index contributed by atoms with van der Waals surface area (Å²) >= 11 is 6.23. The normalized spacial score (nSPS) is 11.9. The van der Waals surface area contributed by atoms with Gasteiger partial charge in [-0.3, -0.25) is 9.97 Å². The monoisotopic (exact) mass is 516 g/mol. The lowest BCUT2D eigenvalue weighted by Gasteiger charge is -2.24. The summed E-state index contributed by atoms with van der Waals surface area (Å²) < 4.78 is 29.4. The van der Waals surface area contributed by atoms with E-state index in [2.05, 4.69) is 15.3 Å². The third kappa shape index (κ3) is 5.04. The predicted molar refractivity (Wildman–Crippen MR) is 146 cm³/mol. The highest BCUT2D eigenvalue weighted by atomic mass is 35.5. The van der Waals surface area contributed by atoms with Crippen LogP contribution in [0.3, 0.4) is 0 Å². The third-order valence-corrected chi connectivity index (χ3v) is 8.16. The maximum atomic E-state index is 14.0. The van der Waals surface area contributed by atoms with Gasteiger partial charge in [-0.2, -0.15) is 4.31 Å². The summed E-state index contributed by atoms with van der Waals surface area (Å²) in [5.41, 5.74) is 3.38. The van der Waals surface area contributed by atoms with Crippen LogP contribution in [0.25, 0.3) is 21.7 Å². The van der Waals surface area contributed by atoms with Crippen molar-refractivity contribution in [2.75, 3.05) is 18.4 Å². The van der Waals surface area contributed by atoms with Gasteiger partial charge < -0.3 is 5.32 Å². The van der Waals surface area contributed by atoms with Crippen molar-refractivity contribution >= 4 is 49.0 Å². The van der Waals surface area contributed by atoms with Crippen LogP contribution in [0.1, 0.15) is 11.3 Å². The first kappa shape index (κ1) is 24.2. The zero-order chi connectivity index (χ0) is 25.1. The van der Waals surface area contributed by atoms with Gasteiger partial charge in [0.15, 0.2) is 0 Å². The topological polar surface area (TPSA) is 75.2 Å². The van der Waals surface area contributed by atoms with Gasteiger partial charge in [-0.05, 0) is 54.3 Å². The van der Waals surface area contributed by atoms with Crippen LogP contribution in [-0.4, -0.2) is 35.8 Å². The number of hydrogen-bond donors (Lipinski definition) is 1. The minimum atomic E-state index is -3.81. The second-order valence-electron chi connectivity index (χ2n) is 8.58. The van der Waals surface area contributed by atoms with Crippen LogP contribution in [0, 0.1) is 6.92 Å². The molecule has 0 spiro atoms. The van der Waals surface area contributed by atoms with Gasteiger partial charge in [-0.15, -0.1) is 0 Å². The average molecular weight is 517 g/mol. The first-order valence-corrected chi connectivity index (χ1v) is 13.4. The van der Waals surface area contributed by atoms with E-state index in [1.165, 1.54) is 4.31 Å². The molecule has 0 aliphatic rings. The molecule has 0 aliphatic heterocycles. The number of fused-ring (bicyclic) bond motifs is 2. The summed E-state index contributed by atoms with van der Waals surface area (Å²) in [5, 5.41) is 6.51. The number of aryl methyl sites for hydroxylation is 1. The summed E-state index contributed by atoms with van der Waals surface area (Å²) in [6, 6.07) is 24.1. The first-order valence-electron chi connectivity index (χ1n) is 11.6. The lowest BCUT2D eigenvalue weighted by Crippen LogP contribution is -2.34. The number of nitrogens with zero attached hydrogens (tertiary/aromatic N) is 3. The maximum absolute atomic E-state index is 14.0. The molecule has 5 rings (SSSR count). The van der Waals surface area contributed by atoms with Crippen molar-refractivity contribution < 1.29 is 8.42 Å². The van der Waals surface area contributed by atoms with E-state index in [0.29, 0.717) is 21.8 Å². The van der Waals surface area contributed by atoms with Crippen LogP contribution in [0.15, 0.2) is 96.2 Å². The fraction of sp³-hybridized carbons (Fsp3) is 0.143. The van der Waals surface area contributed by atoms with Gasteiger partial charge in [0.25, 0.3) is 0 Å². The lowest BCUT2D eigenvalue weighted by atomic mass is 10.1. The molecule has 36 heavy (non-hydrogen) atoms. The Balaban J connectivity index is 1.47. The molecule has 6 nitrogen and oxygen atoms in total. The number of benzene rings is 3. The van der Waals surface area contributed by atoms with E-state index < -0.39 is 10.0 Å². The first-order chi connectivity index (χ1) is 17.4. The van der Waals surface area contributed by atoms with E-state index in [1.807, 2.05) is 73.7 Å². The largest absolute Gasteiger partial charge is 0.383 e. The summed E-state index contributed by atoms with van der Waals surface area (Å²) in [4.78, 5) is 9.03. The van der Waals surface area contributed by atoms with Gasteiger partial charge in [0.2, 0.25) is 10.0 Å². The Morgan fingerprint density at radius 3 is 2.61 bits per heavy atom.